The first-order chi connectivity index (χ1) is 9.38. The summed E-state index contributed by atoms with van der Waals surface area (Å²) in [4.78, 5) is 1.31. The minimum atomic E-state index is 0.109. The molecule has 0 bridgehead atoms. The first-order valence-corrected chi connectivity index (χ1v) is 7.44. The van der Waals surface area contributed by atoms with Crippen LogP contribution in [0.5, 0.6) is 0 Å². The van der Waals surface area contributed by atoms with Crippen LogP contribution < -0.4 is 5.32 Å². The summed E-state index contributed by atoms with van der Waals surface area (Å²) in [6, 6.07) is 18.5. The van der Waals surface area contributed by atoms with Crippen molar-refractivity contribution in [3.8, 4) is 0 Å². The maximum Gasteiger partial charge on any atom is 0.0681 e. The Kier molecular flexibility index (Phi) is 5.95. The second kappa shape index (κ2) is 8.00. The summed E-state index contributed by atoms with van der Waals surface area (Å²) in [6.45, 7) is 1.93. The maximum absolute atomic E-state index is 9.07. The Bertz CT molecular complexity index is 487. The van der Waals surface area contributed by atoms with Gasteiger partial charge in [-0.15, -0.1) is 11.8 Å². The third kappa shape index (κ3) is 5.07. The van der Waals surface area contributed by atoms with Gasteiger partial charge >= 0.3 is 0 Å². The van der Waals surface area contributed by atoms with Crippen molar-refractivity contribution < 1.29 is 5.11 Å². The second-order valence-electron chi connectivity index (χ2n) is 4.32. The number of aliphatic hydroxyl groups excluding tert-OH is 1. The van der Waals surface area contributed by atoms with E-state index < -0.39 is 0 Å². The molecule has 2 nitrogen and oxygen atoms in total. The van der Waals surface area contributed by atoms with Crippen molar-refractivity contribution in [2.75, 3.05) is 12.3 Å². The highest BCUT2D eigenvalue weighted by molar-refractivity contribution is 7.99. The molecule has 2 aromatic carbocycles. The molecule has 2 aromatic rings. The largest absolute Gasteiger partial charge is 0.392 e. The van der Waals surface area contributed by atoms with Crippen molar-refractivity contribution in [1.29, 1.82) is 0 Å². The van der Waals surface area contributed by atoms with Crippen LogP contribution in [0.3, 0.4) is 0 Å². The van der Waals surface area contributed by atoms with E-state index in [0.29, 0.717) is 0 Å². The smallest absolute Gasteiger partial charge is 0.0681 e. The fraction of sp³-hybridized carbons (Fsp3) is 0.250. The lowest BCUT2D eigenvalue weighted by atomic mass is 10.1. The molecule has 0 heterocycles. The lowest BCUT2D eigenvalue weighted by molar-refractivity contribution is 0.281. The Morgan fingerprint density at radius 1 is 0.947 bits per heavy atom. The van der Waals surface area contributed by atoms with Crippen LogP contribution in [0.25, 0.3) is 0 Å². The summed E-state index contributed by atoms with van der Waals surface area (Å²) in [5, 5.41) is 12.5. The SMILES string of the molecule is OCc1cccc(CNCCSc2ccccc2)c1. The van der Waals surface area contributed by atoms with Crippen molar-refractivity contribution >= 4 is 11.8 Å². The minimum Gasteiger partial charge on any atom is -0.392 e. The van der Waals surface area contributed by atoms with E-state index >= 15 is 0 Å². The van der Waals surface area contributed by atoms with E-state index in [4.69, 9.17) is 5.11 Å². The minimum absolute atomic E-state index is 0.109. The van der Waals surface area contributed by atoms with Gasteiger partial charge in [0.25, 0.3) is 0 Å². The summed E-state index contributed by atoms with van der Waals surface area (Å²) < 4.78 is 0. The lowest BCUT2D eigenvalue weighted by Gasteiger charge is -2.06. The first kappa shape index (κ1) is 14.1. The molecule has 0 atom stereocenters. The van der Waals surface area contributed by atoms with E-state index in [2.05, 4.69) is 35.6 Å². The molecule has 0 saturated carbocycles. The van der Waals surface area contributed by atoms with Crippen LogP contribution in [0, 0.1) is 0 Å². The van der Waals surface area contributed by atoms with Crippen LogP contribution in [0.4, 0.5) is 0 Å². The van der Waals surface area contributed by atoms with Gasteiger partial charge in [-0.05, 0) is 23.3 Å². The number of aliphatic hydroxyl groups is 1. The van der Waals surface area contributed by atoms with Crippen molar-refractivity contribution in [3.63, 3.8) is 0 Å². The Hall–Kier alpha value is -1.29. The standard InChI is InChI=1S/C16H19NOS/c18-13-15-6-4-5-14(11-15)12-17-9-10-19-16-7-2-1-3-8-16/h1-8,11,17-18H,9-10,12-13H2. The first-order valence-electron chi connectivity index (χ1n) is 6.46. The third-order valence-corrected chi connectivity index (χ3v) is 3.81. The topological polar surface area (TPSA) is 32.3 Å². The predicted molar refractivity (Wildman–Crippen MR) is 81.2 cm³/mol. The van der Waals surface area contributed by atoms with Gasteiger partial charge in [0.1, 0.15) is 0 Å². The van der Waals surface area contributed by atoms with Gasteiger partial charge in [-0.1, -0.05) is 42.5 Å². The second-order valence-corrected chi connectivity index (χ2v) is 5.48. The van der Waals surface area contributed by atoms with E-state index in [1.165, 1.54) is 10.5 Å². The summed E-state index contributed by atoms with van der Waals surface area (Å²) in [6.07, 6.45) is 0. The molecule has 0 aliphatic rings. The number of benzene rings is 2. The van der Waals surface area contributed by atoms with Crippen LogP contribution >= 0.6 is 11.8 Å². The van der Waals surface area contributed by atoms with Gasteiger partial charge in [0.2, 0.25) is 0 Å². The molecule has 0 radical (unpaired) electrons. The Balaban J connectivity index is 1.66. The average Bonchev–Trinajstić information content (AvgIpc) is 2.48. The van der Waals surface area contributed by atoms with Crippen LogP contribution in [0.1, 0.15) is 11.1 Å². The molecule has 0 aliphatic carbocycles. The maximum atomic E-state index is 9.07. The number of hydrogen-bond acceptors (Lipinski definition) is 3. The lowest BCUT2D eigenvalue weighted by Crippen LogP contribution is -2.16. The number of nitrogens with one attached hydrogen (secondary N) is 1. The fourth-order valence-corrected chi connectivity index (χ4v) is 2.66. The molecule has 0 fully saturated rings. The monoisotopic (exact) mass is 273 g/mol. The van der Waals surface area contributed by atoms with E-state index in [0.717, 1.165) is 24.4 Å². The van der Waals surface area contributed by atoms with Gasteiger partial charge in [-0.2, -0.15) is 0 Å². The summed E-state index contributed by atoms with van der Waals surface area (Å²) >= 11 is 1.86. The van der Waals surface area contributed by atoms with E-state index in [1.807, 2.05) is 36.0 Å². The highest BCUT2D eigenvalue weighted by Gasteiger charge is 1.96. The van der Waals surface area contributed by atoms with E-state index in [9.17, 15) is 0 Å². The zero-order chi connectivity index (χ0) is 13.3. The third-order valence-electron chi connectivity index (χ3n) is 2.79. The van der Waals surface area contributed by atoms with Gasteiger partial charge < -0.3 is 10.4 Å². The summed E-state index contributed by atoms with van der Waals surface area (Å²) in [5.74, 6) is 1.06. The molecule has 2 N–H and O–H groups in total. The molecule has 0 amide bonds. The Morgan fingerprint density at radius 3 is 2.53 bits per heavy atom. The highest BCUT2D eigenvalue weighted by atomic mass is 32.2. The molecule has 19 heavy (non-hydrogen) atoms. The molecular weight excluding hydrogens is 254 g/mol. The molecule has 100 valence electrons. The van der Waals surface area contributed by atoms with Crippen molar-refractivity contribution in [2.45, 2.75) is 18.0 Å². The van der Waals surface area contributed by atoms with Crippen molar-refractivity contribution in [2.24, 2.45) is 0 Å². The highest BCUT2D eigenvalue weighted by Crippen LogP contribution is 2.15. The van der Waals surface area contributed by atoms with Crippen LogP contribution in [0.15, 0.2) is 59.5 Å². The molecule has 0 aliphatic heterocycles. The number of rotatable bonds is 7. The Labute approximate surface area is 118 Å². The van der Waals surface area contributed by atoms with E-state index in [-0.39, 0.29) is 6.61 Å². The summed E-state index contributed by atoms with van der Waals surface area (Å²) in [5.41, 5.74) is 2.19. The molecular formula is C16H19NOS. The zero-order valence-corrected chi connectivity index (χ0v) is 11.7. The van der Waals surface area contributed by atoms with Gasteiger partial charge in [0.05, 0.1) is 6.61 Å². The molecule has 0 aromatic heterocycles. The van der Waals surface area contributed by atoms with Gasteiger partial charge in [0.15, 0.2) is 0 Å². The van der Waals surface area contributed by atoms with Gasteiger partial charge in [-0.25, -0.2) is 0 Å². The molecule has 0 saturated heterocycles. The quantitative estimate of drug-likeness (QED) is 0.601. The van der Waals surface area contributed by atoms with Crippen molar-refractivity contribution in [3.05, 3.63) is 65.7 Å². The molecule has 2 rings (SSSR count). The fourth-order valence-electron chi connectivity index (χ4n) is 1.83. The Morgan fingerprint density at radius 2 is 1.74 bits per heavy atom. The summed E-state index contributed by atoms with van der Waals surface area (Å²) in [7, 11) is 0. The van der Waals surface area contributed by atoms with Crippen LogP contribution in [-0.4, -0.2) is 17.4 Å². The zero-order valence-electron chi connectivity index (χ0n) is 10.9. The molecule has 0 unspecified atom stereocenters. The van der Waals surface area contributed by atoms with Crippen LogP contribution in [-0.2, 0) is 13.2 Å². The van der Waals surface area contributed by atoms with Gasteiger partial charge in [-0.3, -0.25) is 0 Å². The molecule has 3 heteroatoms. The van der Waals surface area contributed by atoms with Gasteiger partial charge in [0, 0.05) is 23.7 Å². The van der Waals surface area contributed by atoms with Crippen molar-refractivity contribution in [1.82, 2.24) is 5.32 Å². The van der Waals surface area contributed by atoms with E-state index in [1.54, 1.807) is 0 Å². The van der Waals surface area contributed by atoms with Crippen LogP contribution in [0.2, 0.25) is 0 Å². The number of thioether (sulfide) groups is 1. The molecule has 0 spiro atoms. The predicted octanol–water partition coefficient (Wildman–Crippen LogP) is 3.06. The normalized spacial score (nSPS) is 10.6. The average molecular weight is 273 g/mol. The number of hydrogen-bond donors (Lipinski definition) is 2.